The van der Waals surface area contributed by atoms with Crippen molar-refractivity contribution in [2.75, 3.05) is 32.7 Å². The number of likely N-dealkylation sites (tertiary alicyclic amines) is 1. The smallest absolute Gasteiger partial charge is 0.264 e. The van der Waals surface area contributed by atoms with Crippen LogP contribution in [0.5, 0.6) is 0 Å². The normalized spacial score (nSPS) is 14.7. The third-order valence-electron chi connectivity index (χ3n) is 7.13. The largest absolute Gasteiger partial charge is 0.384 e. The Labute approximate surface area is 251 Å². The van der Waals surface area contributed by atoms with Crippen molar-refractivity contribution in [2.45, 2.75) is 36.6 Å². The number of fused-ring (bicyclic) bond motifs is 1. The fourth-order valence-electron chi connectivity index (χ4n) is 4.86. The van der Waals surface area contributed by atoms with Gasteiger partial charge < -0.3 is 27.0 Å². The molecule has 0 aromatic heterocycles. The highest BCUT2D eigenvalue weighted by Gasteiger charge is 2.27. The first-order chi connectivity index (χ1) is 20.6. The van der Waals surface area contributed by atoms with Gasteiger partial charge in [-0.15, -0.1) is 0 Å². The predicted molar refractivity (Wildman–Crippen MR) is 167 cm³/mol. The van der Waals surface area contributed by atoms with E-state index in [1.807, 2.05) is 24.3 Å². The summed E-state index contributed by atoms with van der Waals surface area (Å²) in [7, 11) is -3.91. The second kappa shape index (κ2) is 14.6. The van der Waals surface area contributed by atoms with Crippen molar-refractivity contribution in [2.24, 2.45) is 16.5 Å². The third-order valence-corrected chi connectivity index (χ3v) is 8.48. The number of nitrogens with zero attached hydrogens (tertiary/aromatic N) is 2. The van der Waals surface area contributed by atoms with E-state index in [0.29, 0.717) is 25.1 Å². The van der Waals surface area contributed by atoms with E-state index in [1.165, 1.54) is 6.07 Å². The molecule has 1 heterocycles. The molecular weight excluding hydrogens is 568 g/mol. The van der Waals surface area contributed by atoms with Crippen LogP contribution in [0.1, 0.15) is 30.4 Å². The minimum atomic E-state index is -3.91. The SMILES string of the molecule is N=C(N)c1ccc(C[C@@H](NC(=O)CNCCN=C(N)NS(=O)(=O)c2ccc3ccccc3c2)C(=O)N2CCCCC2)cc1. The number of rotatable bonds is 12. The summed E-state index contributed by atoms with van der Waals surface area (Å²) in [5, 5.41) is 15.1. The minimum Gasteiger partial charge on any atom is -0.384 e. The number of sulfonamides is 1. The highest BCUT2D eigenvalue weighted by atomic mass is 32.2. The number of benzene rings is 3. The lowest BCUT2D eigenvalue weighted by Crippen LogP contribution is -2.52. The van der Waals surface area contributed by atoms with Crippen molar-refractivity contribution in [3.8, 4) is 0 Å². The van der Waals surface area contributed by atoms with Crippen molar-refractivity contribution in [1.29, 1.82) is 5.41 Å². The number of guanidine groups is 1. The first kappa shape index (κ1) is 31.4. The van der Waals surface area contributed by atoms with Crippen molar-refractivity contribution in [1.82, 2.24) is 20.3 Å². The molecule has 0 saturated carbocycles. The number of piperidine rings is 1. The molecule has 12 nitrogen and oxygen atoms in total. The maximum absolute atomic E-state index is 13.3. The lowest BCUT2D eigenvalue weighted by molar-refractivity contribution is -0.137. The number of carbonyl (C=O) groups is 2. The van der Waals surface area contributed by atoms with Crippen LogP contribution in [-0.2, 0) is 26.0 Å². The molecule has 43 heavy (non-hydrogen) atoms. The molecule has 0 aliphatic carbocycles. The number of amidine groups is 1. The number of hydrogen-bond acceptors (Lipinski definition) is 7. The quantitative estimate of drug-likeness (QED) is 0.101. The molecule has 1 atom stereocenters. The zero-order valence-corrected chi connectivity index (χ0v) is 24.7. The summed E-state index contributed by atoms with van der Waals surface area (Å²) in [4.78, 5) is 32.0. The molecule has 2 amide bonds. The van der Waals surface area contributed by atoms with Crippen molar-refractivity contribution in [3.63, 3.8) is 0 Å². The fourth-order valence-corrected chi connectivity index (χ4v) is 5.84. The Bertz CT molecular complexity index is 1590. The van der Waals surface area contributed by atoms with Crippen LogP contribution in [0.15, 0.2) is 76.6 Å². The molecular formula is C30H38N8O4S. The number of aliphatic imine (C=N–C) groups is 1. The monoisotopic (exact) mass is 606 g/mol. The second-order valence-corrected chi connectivity index (χ2v) is 12.1. The first-order valence-corrected chi connectivity index (χ1v) is 15.6. The van der Waals surface area contributed by atoms with Crippen LogP contribution in [0.2, 0.25) is 0 Å². The molecule has 1 fully saturated rings. The number of hydrogen-bond donors (Lipinski definition) is 6. The number of nitrogen functional groups attached to an aromatic ring is 1. The van der Waals surface area contributed by atoms with Gasteiger partial charge in [0.05, 0.1) is 18.0 Å². The van der Waals surface area contributed by atoms with Crippen molar-refractivity contribution < 1.29 is 18.0 Å². The molecule has 0 radical (unpaired) electrons. The summed E-state index contributed by atoms with van der Waals surface area (Å²) in [6.45, 7) is 1.64. The molecule has 3 aromatic carbocycles. The number of amides is 2. The van der Waals surface area contributed by atoms with Crippen LogP contribution >= 0.6 is 0 Å². The van der Waals surface area contributed by atoms with E-state index in [4.69, 9.17) is 16.9 Å². The van der Waals surface area contributed by atoms with Crippen LogP contribution in [0.4, 0.5) is 0 Å². The van der Waals surface area contributed by atoms with Crippen LogP contribution in [0, 0.1) is 5.41 Å². The first-order valence-electron chi connectivity index (χ1n) is 14.2. The third kappa shape index (κ3) is 9.00. The molecule has 0 spiro atoms. The zero-order valence-electron chi connectivity index (χ0n) is 23.9. The van der Waals surface area contributed by atoms with E-state index in [1.54, 1.807) is 41.3 Å². The highest BCUT2D eigenvalue weighted by Crippen LogP contribution is 2.19. The Morgan fingerprint density at radius 2 is 1.65 bits per heavy atom. The predicted octanol–water partition coefficient (Wildman–Crippen LogP) is 1.05. The summed E-state index contributed by atoms with van der Waals surface area (Å²) >= 11 is 0. The zero-order chi connectivity index (χ0) is 30.8. The Morgan fingerprint density at radius 3 is 2.35 bits per heavy atom. The molecule has 3 aromatic rings. The standard InChI is InChI=1S/C30H38N8O4S/c31-28(32)23-10-8-21(9-11-23)18-26(29(40)38-16-4-1-5-17-38)36-27(39)20-34-14-15-35-30(33)37-43(41,42)25-13-12-22-6-2-3-7-24(22)19-25/h2-3,6-13,19,26,34H,1,4-5,14-18,20H2,(H3,31,32)(H,36,39)(H3,33,35,37)/t26-/m1/s1. The molecule has 228 valence electrons. The molecule has 0 unspecified atom stereocenters. The van der Waals surface area contributed by atoms with Gasteiger partial charge >= 0.3 is 0 Å². The van der Waals surface area contributed by atoms with Gasteiger partial charge in [-0.1, -0.05) is 54.6 Å². The summed E-state index contributed by atoms with van der Waals surface area (Å²) in [6, 6.07) is 18.5. The summed E-state index contributed by atoms with van der Waals surface area (Å²) in [5.41, 5.74) is 12.8. The number of nitrogens with two attached hydrogens (primary N) is 2. The van der Waals surface area contributed by atoms with E-state index in [9.17, 15) is 18.0 Å². The van der Waals surface area contributed by atoms with Crippen molar-refractivity contribution in [3.05, 3.63) is 77.9 Å². The van der Waals surface area contributed by atoms with E-state index in [2.05, 4.69) is 20.3 Å². The summed E-state index contributed by atoms with van der Waals surface area (Å²) in [5.74, 6) is -0.785. The Kier molecular flexibility index (Phi) is 10.7. The molecule has 1 saturated heterocycles. The van der Waals surface area contributed by atoms with Gasteiger partial charge in [-0.3, -0.25) is 20.0 Å². The average molecular weight is 607 g/mol. The Morgan fingerprint density at radius 1 is 0.953 bits per heavy atom. The van der Waals surface area contributed by atoms with Gasteiger partial charge in [0.15, 0.2) is 0 Å². The van der Waals surface area contributed by atoms with Gasteiger partial charge in [0.1, 0.15) is 11.9 Å². The maximum Gasteiger partial charge on any atom is 0.264 e. The summed E-state index contributed by atoms with van der Waals surface area (Å²) < 4.78 is 27.7. The molecule has 1 aliphatic heterocycles. The van der Waals surface area contributed by atoms with Gasteiger partial charge in [-0.2, -0.15) is 0 Å². The summed E-state index contributed by atoms with van der Waals surface area (Å²) in [6.07, 6.45) is 3.25. The van der Waals surface area contributed by atoms with E-state index in [-0.39, 0.29) is 48.1 Å². The molecule has 8 N–H and O–H groups in total. The van der Waals surface area contributed by atoms with Gasteiger partial charge in [0.2, 0.25) is 17.8 Å². The average Bonchev–Trinajstić information content (AvgIpc) is 3.00. The highest BCUT2D eigenvalue weighted by molar-refractivity contribution is 7.90. The van der Waals surface area contributed by atoms with Gasteiger partial charge in [0, 0.05) is 31.6 Å². The fraction of sp³-hybridized carbons (Fsp3) is 0.333. The van der Waals surface area contributed by atoms with Crippen LogP contribution in [-0.4, -0.2) is 75.7 Å². The van der Waals surface area contributed by atoms with Crippen LogP contribution in [0.25, 0.3) is 10.8 Å². The van der Waals surface area contributed by atoms with Gasteiger partial charge in [-0.25, -0.2) is 13.1 Å². The van der Waals surface area contributed by atoms with Crippen LogP contribution < -0.4 is 26.8 Å². The lowest BCUT2D eigenvalue weighted by Gasteiger charge is -2.31. The molecule has 1 aliphatic rings. The molecule has 0 bridgehead atoms. The number of carbonyl (C=O) groups excluding carboxylic acids is 2. The molecule has 13 heteroatoms. The molecule has 4 rings (SSSR count). The topological polar surface area (TPSA) is 196 Å². The van der Waals surface area contributed by atoms with E-state index < -0.39 is 16.1 Å². The van der Waals surface area contributed by atoms with Gasteiger partial charge in [-0.05, 0) is 47.7 Å². The lowest BCUT2D eigenvalue weighted by atomic mass is 10.0. The van der Waals surface area contributed by atoms with E-state index in [0.717, 1.165) is 35.6 Å². The maximum atomic E-state index is 13.3. The van der Waals surface area contributed by atoms with Crippen LogP contribution in [0.3, 0.4) is 0 Å². The Balaban J connectivity index is 1.27. The second-order valence-electron chi connectivity index (χ2n) is 10.4. The van der Waals surface area contributed by atoms with Crippen molar-refractivity contribution >= 4 is 44.4 Å². The Hall–Kier alpha value is -4.49. The van der Waals surface area contributed by atoms with E-state index >= 15 is 0 Å². The minimum absolute atomic E-state index is 0.0414. The van der Waals surface area contributed by atoms with Gasteiger partial charge in [0.25, 0.3) is 10.0 Å². The number of nitrogens with one attached hydrogen (secondary N) is 4.